The van der Waals surface area contributed by atoms with Crippen molar-refractivity contribution < 1.29 is 9.90 Å². The van der Waals surface area contributed by atoms with E-state index in [1.54, 1.807) is 6.07 Å². The zero-order chi connectivity index (χ0) is 11.0. The molecule has 0 aliphatic rings. The van der Waals surface area contributed by atoms with Gasteiger partial charge in [-0.15, -0.1) is 0 Å². The lowest BCUT2D eigenvalue weighted by atomic mass is 10.1. The summed E-state index contributed by atoms with van der Waals surface area (Å²) >= 11 is 0. The lowest BCUT2D eigenvalue weighted by molar-refractivity contribution is 0.0699. The molecule has 2 heterocycles. The van der Waals surface area contributed by atoms with Gasteiger partial charge in [0.1, 0.15) is 0 Å². The first-order valence-corrected chi connectivity index (χ1v) is 4.67. The molecule has 0 aliphatic carbocycles. The quantitative estimate of drug-likeness (QED) is 0.783. The Morgan fingerprint density at radius 3 is 2.87 bits per heavy atom. The van der Waals surface area contributed by atoms with Crippen LogP contribution in [0, 0.1) is 0 Å². The fourth-order valence-corrected chi connectivity index (χ4v) is 1.42. The molecule has 0 fully saturated rings. The van der Waals surface area contributed by atoms with E-state index in [0.29, 0.717) is 11.0 Å². The summed E-state index contributed by atoms with van der Waals surface area (Å²) in [5.41, 5.74) is 1.53. The Morgan fingerprint density at radius 2 is 2.27 bits per heavy atom. The van der Waals surface area contributed by atoms with Crippen LogP contribution >= 0.6 is 0 Å². The van der Waals surface area contributed by atoms with Gasteiger partial charge in [0.15, 0.2) is 5.65 Å². The second-order valence-corrected chi connectivity index (χ2v) is 3.69. The number of pyridine rings is 1. The minimum absolute atomic E-state index is 0.191. The second kappa shape index (κ2) is 3.34. The Labute approximate surface area is 86.1 Å². The highest BCUT2D eigenvalue weighted by Gasteiger charge is 2.14. The molecule has 2 aromatic heterocycles. The zero-order valence-corrected chi connectivity index (χ0v) is 8.48. The summed E-state index contributed by atoms with van der Waals surface area (Å²) in [6.07, 6.45) is 1.48. The van der Waals surface area contributed by atoms with Gasteiger partial charge in [-0.25, -0.2) is 9.78 Å². The molecule has 78 valence electrons. The first-order valence-electron chi connectivity index (χ1n) is 4.67. The van der Waals surface area contributed by atoms with E-state index in [2.05, 4.69) is 15.2 Å². The molecule has 2 rings (SSSR count). The smallest absolute Gasteiger partial charge is 0.336 e. The number of carboxylic acid groups (broad SMARTS) is 1. The number of carbonyl (C=O) groups is 1. The van der Waals surface area contributed by atoms with Crippen LogP contribution in [0.5, 0.6) is 0 Å². The Hall–Kier alpha value is -1.91. The normalized spacial score (nSPS) is 11.1. The molecule has 0 aromatic carbocycles. The fraction of sp³-hybridized carbons (Fsp3) is 0.300. The van der Waals surface area contributed by atoms with Crippen LogP contribution in [-0.4, -0.2) is 26.3 Å². The number of carboxylic acids is 1. The van der Waals surface area contributed by atoms with Gasteiger partial charge in [0.2, 0.25) is 0 Å². The second-order valence-electron chi connectivity index (χ2n) is 3.69. The first kappa shape index (κ1) is 9.64. The summed E-state index contributed by atoms with van der Waals surface area (Å²) in [5, 5.41) is 16.1. The van der Waals surface area contributed by atoms with Crippen molar-refractivity contribution in [1.29, 1.82) is 0 Å². The van der Waals surface area contributed by atoms with Crippen molar-refractivity contribution in [1.82, 2.24) is 15.2 Å². The van der Waals surface area contributed by atoms with E-state index >= 15 is 0 Å². The first-order chi connectivity index (χ1) is 7.09. The van der Waals surface area contributed by atoms with E-state index in [0.717, 1.165) is 5.69 Å². The summed E-state index contributed by atoms with van der Waals surface area (Å²) in [6.45, 7) is 3.94. The van der Waals surface area contributed by atoms with Gasteiger partial charge in [0, 0.05) is 5.69 Å². The third kappa shape index (κ3) is 1.56. The van der Waals surface area contributed by atoms with Gasteiger partial charge in [0.25, 0.3) is 0 Å². The number of aromatic amines is 1. The van der Waals surface area contributed by atoms with E-state index in [1.807, 2.05) is 13.8 Å². The molecule has 0 aliphatic heterocycles. The van der Waals surface area contributed by atoms with Crippen molar-refractivity contribution in [2.75, 3.05) is 0 Å². The van der Waals surface area contributed by atoms with Crippen molar-refractivity contribution in [3.8, 4) is 0 Å². The highest BCUT2D eigenvalue weighted by molar-refractivity contribution is 6.01. The van der Waals surface area contributed by atoms with E-state index in [9.17, 15) is 4.79 Å². The third-order valence-electron chi connectivity index (χ3n) is 2.26. The predicted octanol–water partition coefficient (Wildman–Crippen LogP) is 1.78. The molecule has 0 amide bonds. The van der Waals surface area contributed by atoms with Crippen LogP contribution in [-0.2, 0) is 0 Å². The molecule has 0 spiro atoms. The average molecular weight is 205 g/mol. The fourth-order valence-electron chi connectivity index (χ4n) is 1.42. The number of aromatic nitrogens is 3. The summed E-state index contributed by atoms with van der Waals surface area (Å²) in [4.78, 5) is 15.3. The molecule has 0 saturated heterocycles. The van der Waals surface area contributed by atoms with Crippen molar-refractivity contribution >= 4 is 17.0 Å². The van der Waals surface area contributed by atoms with Gasteiger partial charge in [-0.3, -0.25) is 5.10 Å². The number of aromatic carboxylic acids is 1. The monoisotopic (exact) mass is 205 g/mol. The molecule has 0 radical (unpaired) electrons. The lowest BCUT2D eigenvalue weighted by Crippen LogP contribution is -2.02. The average Bonchev–Trinajstić information content (AvgIpc) is 2.62. The van der Waals surface area contributed by atoms with Gasteiger partial charge in [0.05, 0.1) is 17.1 Å². The molecular formula is C10H11N3O2. The van der Waals surface area contributed by atoms with Gasteiger partial charge >= 0.3 is 5.97 Å². The van der Waals surface area contributed by atoms with E-state index in [4.69, 9.17) is 5.11 Å². The van der Waals surface area contributed by atoms with Gasteiger partial charge in [-0.05, 0) is 12.0 Å². The van der Waals surface area contributed by atoms with E-state index in [1.165, 1.54) is 6.20 Å². The topological polar surface area (TPSA) is 78.9 Å². The zero-order valence-electron chi connectivity index (χ0n) is 8.48. The van der Waals surface area contributed by atoms with Crippen molar-refractivity contribution in [3.05, 3.63) is 23.5 Å². The SMILES string of the molecule is CC(C)c1cc(C(=O)O)c2cn[nH]c2n1. The standard InChI is InChI=1S/C10H11N3O2/c1-5(2)8-3-6(10(14)15)7-4-11-13-9(7)12-8/h3-5H,1-2H3,(H,14,15)(H,11,12,13). The Bertz CT molecular complexity index is 516. The number of hydrogen-bond acceptors (Lipinski definition) is 3. The maximum Gasteiger partial charge on any atom is 0.336 e. The molecule has 2 aromatic rings. The van der Waals surface area contributed by atoms with E-state index in [-0.39, 0.29) is 11.5 Å². The summed E-state index contributed by atoms with van der Waals surface area (Å²) in [5.74, 6) is -0.762. The number of nitrogens with zero attached hydrogens (tertiary/aromatic N) is 2. The molecule has 15 heavy (non-hydrogen) atoms. The number of nitrogens with one attached hydrogen (secondary N) is 1. The molecule has 0 unspecified atom stereocenters. The largest absolute Gasteiger partial charge is 0.478 e. The molecule has 0 saturated carbocycles. The molecular weight excluding hydrogens is 194 g/mol. The Kier molecular flexibility index (Phi) is 2.15. The van der Waals surface area contributed by atoms with E-state index < -0.39 is 5.97 Å². The van der Waals surface area contributed by atoms with Crippen LogP contribution in [0.15, 0.2) is 12.3 Å². The summed E-state index contributed by atoms with van der Waals surface area (Å²) < 4.78 is 0. The minimum atomic E-state index is -0.953. The Balaban J connectivity index is 2.74. The highest BCUT2D eigenvalue weighted by atomic mass is 16.4. The van der Waals surface area contributed by atoms with Crippen LogP contribution in [0.4, 0.5) is 0 Å². The van der Waals surface area contributed by atoms with Crippen LogP contribution in [0.25, 0.3) is 11.0 Å². The molecule has 5 nitrogen and oxygen atoms in total. The van der Waals surface area contributed by atoms with Gasteiger partial charge in [-0.1, -0.05) is 13.8 Å². The molecule has 0 bridgehead atoms. The molecule has 5 heteroatoms. The maximum absolute atomic E-state index is 11.0. The number of fused-ring (bicyclic) bond motifs is 1. The number of rotatable bonds is 2. The van der Waals surface area contributed by atoms with Crippen molar-refractivity contribution in [2.24, 2.45) is 0 Å². The van der Waals surface area contributed by atoms with Crippen molar-refractivity contribution in [2.45, 2.75) is 19.8 Å². The van der Waals surface area contributed by atoms with Gasteiger partial charge in [-0.2, -0.15) is 5.10 Å². The van der Waals surface area contributed by atoms with Crippen LogP contribution in [0.3, 0.4) is 0 Å². The molecule has 2 N–H and O–H groups in total. The Morgan fingerprint density at radius 1 is 1.53 bits per heavy atom. The van der Waals surface area contributed by atoms with Crippen LogP contribution in [0.2, 0.25) is 0 Å². The maximum atomic E-state index is 11.0. The van der Waals surface area contributed by atoms with Crippen molar-refractivity contribution in [3.63, 3.8) is 0 Å². The molecule has 0 atom stereocenters. The predicted molar refractivity (Wildman–Crippen MR) is 54.9 cm³/mol. The van der Waals surface area contributed by atoms with Crippen LogP contribution < -0.4 is 0 Å². The lowest BCUT2D eigenvalue weighted by Gasteiger charge is -2.05. The number of hydrogen-bond donors (Lipinski definition) is 2. The highest BCUT2D eigenvalue weighted by Crippen LogP contribution is 2.20. The summed E-state index contributed by atoms with van der Waals surface area (Å²) in [7, 11) is 0. The van der Waals surface area contributed by atoms with Crippen LogP contribution in [0.1, 0.15) is 35.8 Å². The van der Waals surface area contributed by atoms with Gasteiger partial charge < -0.3 is 5.11 Å². The third-order valence-corrected chi connectivity index (χ3v) is 2.26. The summed E-state index contributed by atoms with van der Waals surface area (Å²) in [6, 6.07) is 1.60. The minimum Gasteiger partial charge on any atom is -0.478 e. The number of H-pyrrole nitrogens is 1.